The lowest BCUT2D eigenvalue weighted by molar-refractivity contribution is 0.428. The van der Waals surface area contributed by atoms with E-state index in [4.69, 9.17) is 0 Å². The van der Waals surface area contributed by atoms with E-state index in [9.17, 15) is 16.8 Å². The first-order valence-corrected chi connectivity index (χ1v) is 11.7. The molecule has 1 aromatic heterocycles. The van der Waals surface area contributed by atoms with Gasteiger partial charge in [-0.15, -0.1) is 11.3 Å². The number of sulfone groups is 1. The van der Waals surface area contributed by atoms with Crippen LogP contribution in [0.4, 0.5) is 0 Å². The van der Waals surface area contributed by atoms with Crippen LogP contribution in [0.2, 0.25) is 0 Å². The quantitative estimate of drug-likeness (QED) is 0.814. The molecule has 0 radical (unpaired) electrons. The first kappa shape index (κ1) is 17.6. The Morgan fingerprint density at radius 3 is 2.46 bits per heavy atom. The number of aryl methyl sites for hydroxylation is 1. The molecule has 5 nitrogen and oxygen atoms in total. The van der Waals surface area contributed by atoms with Crippen molar-refractivity contribution in [3.63, 3.8) is 0 Å². The van der Waals surface area contributed by atoms with E-state index >= 15 is 0 Å². The molecule has 0 aliphatic carbocycles. The van der Waals surface area contributed by atoms with Gasteiger partial charge >= 0.3 is 0 Å². The van der Waals surface area contributed by atoms with Gasteiger partial charge in [-0.05, 0) is 36.9 Å². The molecule has 24 heavy (non-hydrogen) atoms. The number of rotatable bonds is 3. The molecule has 1 aliphatic rings. The minimum absolute atomic E-state index is 0.000415. The zero-order chi connectivity index (χ0) is 17.4. The Balaban J connectivity index is 1.88. The molecule has 0 spiro atoms. The van der Waals surface area contributed by atoms with Crippen LogP contribution in [0.15, 0.2) is 46.7 Å². The van der Waals surface area contributed by atoms with Crippen molar-refractivity contribution < 1.29 is 16.8 Å². The third kappa shape index (κ3) is 3.42. The number of sulfonamides is 1. The van der Waals surface area contributed by atoms with E-state index in [2.05, 4.69) is 0 Å². The maximum atomic E-state index is 12.8. The molecule has 1 aliphatic heterocycles. The van der Waals surface area contributed by atoms with Gasteiger partial charge in [0, 0.05) is 18.0 Å². The van der Waals surface area contributed by atoms with Crippen molar-refractivity contribution in [2.75, 3.05) is 18.8 Å². The zero-order valence-corrected chi connectivity index (χ0v) is 15.7. The summed E-state index contributed by atoms with van der Waals surface area (Å²) in [5.74, 6) is -0.152. The molecule has 0 bridgehead atoms. The van der Waals surface area contributed by atoms with Crippen LogP contribution in [-0.2, 0) is 19.9 Å². The van der Waals surface area contributed by atoms with Crippen LogP contribution >= 0.6 is 11.3 Å². The van der Waals surface area contributed by atoms with E-state index in [-0.39, 0.29) is 30.2 Å². The van der Waals surface area contributed by atoms with Gasteiger partial charge in [0.25, 0.3) is 0 Å². The van der Waals surface area contributed by atoms with Gasteiger partial charge in [0.05, 0.1) is 15.9 Å². The van der Waals surface area contributed by atoms with Crippen LogP contribution in [0.5, 0.6) is 0 Å². The molecule has 1 unspecified atom stereocenters. The lowest BCUT2D eigenvalue weighted by Gasteiger charge is -2.19. The Morgan fingerprint density at radius 1 is 1.12 bits per heavy atom. The van der Waals surface area contributed by atoms with Crippen molar-refractivity contribution in [3.05, 3.63) is 52.2 Å². The van der Waals surface area contributed by atoms with Gasteiger partial charge in [0.15, 0.2) is 9.84 Å². The maximum Gasteiger partial charge on any atom is 0.243 e. The Kier molecular flexibility index (Phi) is 4.83. The Morgan fingerprint density at radius 2 is 1.83 bits per heavy atom. The molecule has 1 atom stereocenters. The summed E-state index contributed by atoms with van der Waals surface area (Å²) in [4.78, 5) is 0.990. The highest BCUT2D eigenvalue weighted by molar-refractivity contribution is 7.92. The second kappa shape index (κ2) is 6.59. The minimum atomic E-state index is -3.67. The molecular weight excluding hydrogens is 366 g/mol. The smallest absolute Gasteiger partial charge is 0.228 e. The average molecular weight is 386 g/mol. The predicted octanol–water partition coefficient (Wildman–Crippen LogP) is 2.61. The molecule has 0 N–H and O–H groups in total. The largest absolute Gasteiger partial charge is 0.243 e. The number of nitrogens with zero attached hydrogens (tertiary/aromatic N) is 1. The fourth-order valence-electron chi connectivity index (χ4n) is 2.82. The standard InChI is InChI=1S/C16H19NO4S3/c1-13-4-6-14(7-5-13)24(20,21)17-9-8-16(15-3-2-11-22-15)23(18,19)12-10-17/h2-7,11,16H,8-10,12H2,1H3. The predicted molar refractivity (Wildman–Crippen MR) is 95.4 cm³/mol. The molecule has 0 amide bonds. The van der Waals surface area contributed by atoms with Crippen LogP contribution < -0.4 is 0 Å². The molecular formula is C16H19NO4S3. The topological polar surface area (TPSA) is 71.5 Å². The van der Waals surface area contributed by atoms with Gasteiger partial charge in [0.2, 0.25) is 10.0 Å². The van der Waals surface area contributed by atoms with E-state index in [0.29, 0.717) is 0 Å². The molecule has 8 heteroatoms. The van der Waals surface area contributed by atoms with E-state index in [1.165, 1.54) is 15.6 Å². The van der Waals surface area contributed by atoms with Crippen molar-refractivity contribution >= 4 is 31.2 Å². The summed E-state index contributed by atoms with van der Waals surface area (Å²) in [6.07, 6.45) is 0.286. The van der Waals surface area contributed by atoms with E-state index in [1.54, 1.807) is 30.3 Å². The number of benzene rings is 1. The fourth-order valence-corrected chi connectivity index (χ4v) is 7.39. The molecule has 1 saturated heterocycles. The molecule has 3 rings (SSSR count). The molecule has 1 aromatic carbocycles. The van der Waals surface area contributed by atoms with Gasteiger partial charge < -0.3 is 0 Å². The van der Waals surface area contributed by atoms with Gasteiger partial charge in [-0.3, -0.25) is 0 Å². The van der Waals surface area contributed by atoms with Crippen LogP contribution in [0.25, 0.3) is 0 Å². The van der Waals surface area contributed by atoms with Crippen LogP contribution in [-0.4, -0.2) is 40.0 Å². The molecule has 130 valence electrons. The van der Waals surface area contributed by atoms with Crippen LogP contribution in [0.3, 0.4) is 0 Å². The van der Waals surface area contributed by atoms with Crippen molar-refractivity contribution in [3.8, 4) is 0 Å². The van der Waals surface area contributed by atoms with E-state index < -0.39 is 25.1 Å². The molecule has 2 heterocycles. The Labute approximate surface area is 146 Å². The van der Waals surface area contributed by atoms with Gasteiger partial charge in [-0.2, -0.15) is 4.31 Å². The lowest BCUT2D eigenvalue weighted by atomic mass is 10.2. The molecule has 2 aromatic rings. The highest BCUT2D eigenvalue weighted by atomic mass is 32.2. The van der Waals surface area contributed by atoms with Crippen LogP contribution in [0, 0.1) is 6.92 Å². The van der Waals surface area contributed by atoms with E-state index in [0.717, 1.165) is 10.4 Å². The monoisotopic (exact) mass is 385 g/mol. The Bertz CT molecular complexity index is 901. The SMILES string of the molecule is Cc1ccc(S(=O)(=O)N2CCC(c3cccs3)S(=O)(=O)CC2)cc1. The third-order valence-corrected chi connectivity index (χ3v) is 9.37. The maximum absolute atomic E-state index is 12.8. The number of hydrogen-bond acceptors (Lipinski definition) is 5. The highest BCUT2D eigenvalue weighted by Crippen LogP contribution is 2.33. The molecule has 0 saturated carbocycles. The molecule has 1 fully saturated rings. The van der Waals surface area contributed by atoms with Gasteiger partial charge in [-0.25, -0.2) is 16.8 Å². The summed E-state index contributed by atoms with van der Waals surface area (Å²) < 4.78 is 52.0. The van der Waals surface area contributed by atoms with Crippen molar-refractivity contribution in [1.29, 1.82) is 0 Å². The van der Waals surface area contributed by atoms with E-state index in [1.807, 2.05) is 18.4 Å². The van der Waals surface area contributed by atoms with Gasteiger partial charge in [0.1, 0.15) is 0 Å². The zero-order valence-electron chi connectivity index (χ0n) is 13.3. The number of thiophene rings is 1. The first-order valence-electron chi connectivity index (χ1n) is 7.62. The summed E-state index contributed by atoms with van der Waals surface area (Å²) in [5, 5.41) is 1.23. The summed E-state index contributed by atoms with van der Waals surface area (Å²) in [6.45, 7) is 2.10. The first-order chi connectivity index (χ1) is 11.3. The Hall–Kier alpha value is -1.22. The van der Waals surface area contributed by atoms with Crippen LogP contribution in [0.1, 0.15) is 22.1 Å². The average Bonchev–Trinajstić information content (AvgIpc) is 2.99. The summed E-state index contributed by atoms with van der Waals surface area (Å²) in [6, 6.07) is 10.3. The van der Waals surface area contributed by atoms with Gasteiger partial charge in [-0.1, -0.05) is 23.8 Å². The second-order valence-electron chi connectivity index (χ2n) is 5.88. The normalized spacial score (nSPS) is 22.1. The lowest BCUT2D eigenvalue weighted by Crippen LogP contribution is -2.33. The highest BCUT2D eigenvalue weighted by Gasteiger charge is 2.36. The third-order valence-electron chi connectivity index (χ3n) is 4.22. The number of hydrogen-bond donors (Lipinski definition) is 0. The van der Waals surface area contributed by atoms with Crippen molar-refractivity contribution in [2.24, 2.45) is 0 Å². The van der Waals surface area contributed by atoms with Crippen molar-refractivity contribution in [2.45, 2.75) is 23.5 Å². The second-order valence-corrected chi connectivity index (χ2v) is 11.1. The summed E-state index contributed by atoms with van der Waals surface area (Å²) in [7, 11) is -7.03. The minimum Gasteiger partial charge on any atom is -0.228 e. The van der Waals surface area contributed by atoms with Crippen molar-refractivity contribution in [1.82, 2.24) is 4.31 Å². The summed E-state index contributed by atoms with van der Waals surface area (Å²) >= 11 is 1.40. The summed E-state index contributed by atoms with van der Waals surface area (Å²) in [5.41, 5.74) is 0.977. The fraction of sp³-hybridized carbons (Fsp3) is 0.375.